The van der Waals surface area contributed by atoms with Crippen molar-refractivity contribution in [1.82, 2.24) is 14.6 Å². The number of fused-ring (bicyclic) bond motifs is 1. The lowest BCUT2D eigenvalue weighted by atomic mass is 10.3. The van der Waals surface area contributed by atoms with E-state index in [0.717, 1.165) is 0 Å². The van der Waals surface area contributed by atoms with E-state index in [9.17, 15) is 9.90 Å². The number of aromatic carboxylic acids is 1. The van der Waals surface area contributed by atoms with E-state index in [-0.39, 0.29) is 17.1 Å². The first kappa shape index (κ1) is 8.95. The highest BCUT2D eigenvalue weighted by Crippen LogP contribution is 2.22. The summed E-state index contributed by atoms with van der Waals surface area (Å²) in [4.78, 5) is 14.4. The second kappa shape index (κ2) is 2.95. The third-order valence-electron chi connectivity index (χ3n) is 1.66. The Hall–Kier alpha value is -1.63. The summed E-state index contributed by atoms with van der Waals surface area (Å²) in [5.41, 5.74) is 0.0611. The van der Waals surface area contributed by atoms with Gasteiger partial charge in [-0.2, -0.15) is 10.1 Å². The van der Waals surface area contributed by atoms with Gasteiger partial charge >= 0.3 is 5.97 Å². The molecule has 0 atom stereocenters. The van der Waals surface area contributed by atoms with E-state index < -0.39 is 5.97 Å². The van der Waals surface area contributed by atoms with E-state index >= 15 is 0 Å². The monoisotopic (exact) mass is 257 g/mol. The molecule has 2 aromatic rings. The quantitative estimate of drug-likeness (QED) is 0.793. The summed E-state index contributed by atoms with van der Waals surface area (Å²) < 4.78 is 1.62. The first-order chi connectivity index (χ1) is 6.59. The lowest BCUT2D eigenvalue weighted by Gasteiger charge is -1.97. The maximum atomic E-state index is 10.7. The molecule has 0 aromatic carbocycles. The topological polar surface area (TPSA) is 87.7 Å². The molecule has 6 nitrogen and oxygen atoms in total. The van der Waals surface area contributed by atoms with E-state index in [2.05, 4.69) is 26.0 Å². The molecule has 2 N–H and O–H groups in total. The minimum Gasteiger partial charge on any atom is -0.492 e. The second-order valence-electron chi connectivity index (χ2n) is 2.54. The predicted octanol–water partition coefficient (Wildman–Crippen LogP) is 0.896. The Kier molecular flexibility index (Phi) is 1.88. The third-order valence-corrected chi connectivity index (χ3v) is 2.22. The number of aromatic hydroxyl groups is 1. The molecule has 2 aromatic heterocycles. The van der Waals surface area contributed by atoms with E-state index in [4.69, 9.17) is 5.11 Å². The van der Waals surface area contributed by atoms with Gasteiger partial charge in [0, 0.05) is 0 Å². The van der Waals surface area contributed by atoms with Crippen LogP contribution in [0.25, 0.3) is 5.65 Å². The largest absolute Gasteiger partial charge is 0.492 e. The van der Waals surface area contributed by atoms with Crippen molar-refractivity contribution in [1.29, 1.82) is 0 Å². The molecule has 0 aliphatic carbocycles. The maximum absolute atomic E-state index is 10.7. The Bertz CT molecular complexity index is 522. The van der Waals surface area contributed by atoms with Crippen LogP contribution in [0.15, 0.2) is 16.9 Å². The van der Waals surface area contributed by atoms with Gasteiger partial charge in [0.1, 0.15) is 5.56 Å². The molecule has 0 saturated carbocycles. The zero-order chi connectivity index (χ0) is 10.3. The number of hydrogen-bond donors (Lipinski definition) is 2. The number of carbonyl (C=O) groups is 1. The molecule has 0 saturated heterocycles. The maximum Gasteiger partial charge on any atom is 0.341 e. The number of hydrogen-bond acceptors (Lipinski definition) is 4. The molecular weight excluding hydrogens is 254 g/mol. The van der Waals surface area contributed by atoms with Crippen molar-refractivity contribution < 1.29 is 15.0 Å². The highest BCUT2D eigenvalue weighted by molar-refractivity contribution is 9.10. The van der Waals surface area contributed by atoms with E-state index in [1.54, 1.807) is 0 Å². The van der Waals surface area contributed by atoms with Crippen LogP contribution in [0.2, 0.25) is 0 Å². The summed E-state index contributed by atoms with van der Waals surface area (Å²) >= 11 is 3.04. The molecule has 2 heterocycles. The van der Waals surface area contributed by atoms with Crippen molar-refractivity contribution >= 4 is 27.5 Å². The zero-order valence-corrected chi connectivity index (χ0v) is 8.26. The Morgan fingerprint density at radius 1 is 1.57 bits per heavy atom. The Morgan fingerprint density at radius 3 is 2.93 bits per heavy atom. The van der Waals surface area contributed by atoms with Gasteiger partial charge in [-0.05, 0) is 15.9 Å². The van der Waals surface area contributed by atoms with Crippen LogP contribution in [0.1, 0.15) is 10.4 Å². The summed E-state index contributed by atoms with van der Waals surface area (Å²) in [5.74, 6) is -1.39. The van der Waals surface area contributed by atoms with Crippen LogP contribution in [0.4, 0.5) is 0 Å². The smallest absolute Gasteiger partial charge is 0.341 e. The second-order valence-corrected chi connectivity index (χ2v) is 3.40. The molecule has 0 radical (unpaired) electrons. The number of carboxylic acid groups (broad SMARTS) is 1. The summed E-state index contributed by atoms with van der Waals surface area (Å²) in [6.07, 6.45) is 2.61. The number of carboxylic acids is 1. The standard InChI is InChI=1S/C7H4BrN3O3/c8-4-2-11-5(10-6(4)12)3(1-9-11)7(13)14/h1-2H,(H,10,12)(H,13,14). The first-order valence-electron chi connectivity index (χ1n) is 3.55. The normalized spacial score (nSPS) is 10.6. The van der Waals surface area contributed by atoms with Gasteiger partial charge in [0.2, 0.25) is 5.88 Å². The lowest BCUT2D eigenvalue weighted by molar-refractivity contribution is 0.0699. The molecular formula is C7H4BrN3O3. The number of halogens is 1. The summed E-state index contributed by atoms with van der Waals surface area (Å²) in [6, 6.07) is 0. The van der Waals surface area contributed by atoms with Crippen LogP contribution < -0.4 is 0 Å². The van der Waals surface area contributed by atoms with Crippen molar-refractivity contribution in [2.75, 3.05) is 0 Å². The molecule has 2 rings (SSSR count). The van der Waals surface area contributed by atoms with Crippen LogP contribution in [-0.2, 0) is 0 Å². The van der Waals surface area contributed by atoms with Crippen LogP contribution >= 0.6 is 15.9 Å². The average Bonchev–Trinajstić information content (AvgIpc) is 2.48. The van der Waals surface area contributed by atoms with Crippen molar-refractivity contribution in [2.24, 2.45) is 0 Å². The molecule has 0 amide bonds. The average molecular weight is 258 g/mol. The minimum absolute atomic E-state index is 0.0483. The highest BCUT2D eigenvalue weighted by Gasteiger charge is 2.14. The fourth-order valence-corrected chi connectivity index (χ4v) is 1.31. The summed E-state index contributed by atoms with van der Waals surface area (Å²) in [7, 11) is 0. The third kappa shape index (κ3) is 1.22. The Balaban J connectivity index is 2.80. The number of rotatable bonds is 1. The van der Waals surface area contributed by atoms with Crippen molar-refractivity contribution in [3.63, 3.8) is 0 Å². The number of aromatic nitrogens is 3. The molecule has 0 unspecified atom stereocenters. The molecule has 0 spiro atoms. The van der Waals surface area contributed by atoms with E-state index in [1.165, 1.54) is 16.9 Å². The SMILES string of the molecule is O=C(O)c1cnn2cc(Br)c(O)nc12. The molecule has 14 heavy (non-hydrogen) atoms. The summed E-state index contributed by atoms with van der Waals surface area (Å²) in [5, 5.41) is 21.8. The van der Waals surface area contributed by atoms with Crippen LogP contribution in [-0.4, -0.2) is 30.8 Å². The van der Waals surface area contributed by atoms with Gasteiger partial charge in [-0.1, -0.05) is 0 Å². The van der Waals surface area contributed by atoms with Crippen molar-refractivity contribution in [3.8, 4) is 5.88 Å². The lowest BCUT2D eigenvalue weighted by Crippen LogP contribution is -1.97. The molecule has 0 aliphatic rings. The van der Waals surface area contributed by atoms with Gasteiger partial charge in [-0.25, -0.2) is 9.31 Å². The molecule has 0 bridgehead atoms. The highest BCUT2D eigenvalue weighted by atomic mass is 79.9. The molecule has 7 heteroatoms. The fraction of sp³-hybridized carbons (Fsp3) is 0. The predicted molar refractivity (Wildman–Crippen MR) is 49.3 cm³/mol. The molecule has 72 valence electrons. The van der Waals surface area contributed by atoms with Crippen LogP contribution in [0.3, 0.4) is 0 Å². The van der Waals surface area contributed by atoms with Gasteiger partial charge < -0.3 is 10.2 Å². The zero-order valence-electron chi connectivity index (χ0n) is 6.68. The van der Waals surface area contributed by atoms with Crippen molar-refractivity contribution in [2.45, 2.75) is 0 Å². The number of nitrogens with zero attached hydrogens (tertiary/aromatic N) is 3. The Labute approximate surface area is 85.9 Å². The van der Waals surface area contributed by atoms with E-state index in [1.807, 2.05) is 0 Å². The molecule has 0 fully saturated rings. The van der Waals surface area contributed by atoms with Gasteiger partial charge in [0.15, 0.2) is 5.65 Å². The van der Waals surface area contributed by atoms with Gasteiger partial charge in [-0.3, -0.25) is 0 Å². The van der Waals surface area contributed by atoms with Gasteiger partial charge in [0.25, 0.3) is 0 Å². The summed E-state index contributed by atoms with van der Waals surface area (Å²) in [6.45, 7) is 0. The minimum atomic E-state index is -1.13. The van der Waals surface area contributed by atoms with Gasteiger partial charge in [-0.15, -0.1) is 0 Å². The Morgan fingerprint density at radius 2 is 2.29 bits per heavy atom. The van der Waals surface area contributed by atoms with E-state index in [0.29, 0.717) is 4.47 Å². The van der Waals surface area contributed by atoms with Crippen molar-refractivity contribution in [3.05, 3.63) is 22.4 Å². The van der Waals surface area contributed by atoms with Crippen LogP contribution in [0.5, 0.6) is 5.88 Å². The first-order valence-corrected chi connectivity index (χ1v) is 4.35. The fourth-order valence-electron chi connectivity index (χ4n) is 1.03. The molecule has 0 aliphatic heterocycles. The van der Waals surface area contributed by atoms with Gasteiger partial charge in [0.05, 0.1) is 16.9 Å². The van der Waals surface area contributed by atoms with Crippen LogP contribution in [0, 0.1) is 0 Å².